The molecule has 0 amide bonds. The van der Waals surface area contributed by atoms with Crippen molar-refractivity contribution in [3.05, 3.63) is 47.7 Å². The first-order valence-electron chi connectivity index (χ1n) is 8.41. The zero-order valence-corrected chi connectivity index (χ0v) is 14.2. The predicted molar refractivity (Wildman–Crippen MR) is 92.6 cm³/mol. The largest absolute Gasteiger partial charge is 0.354 e. The summed E-state index contributed by atoms with van der Waals surface area (Å²) in [5.41, 5.74) is 2.41. The second-order valence-corrected chi connectivity index (χ2v) is 6.10. The molecule has 3 rings (SSSR count). The van der Waals surface area contributed by atoms with Crippen molar-refractivity contribution in [1.29, 1.82) is 0 Å². The molecule has 1 atom stereocenters. The Labute approximate surface area is 138 Å². The Balaban J connectivity index is 1.65. The minimum atomic E-state index is 0.407. The monoisotopic (exact) mass is 311 g/mol. The molecular weight excluding hydrogens is 286 g/mol. The molecule has 122 valence electrons. The second kappa shape index (κ2) is 7.04. The first-order chi connectivity index (χ1) is 11.2. The summed E-state index contributed by atoms with van der Waals surface area (Å²) < 4.78 is 0. The minimum Gasteiger partial charge on any atom is -0.354 e. The molecule has 1 unspecified atom stereocenters. The van der Waals surface area contributed by atoms with Crippen molar-refractivity contribution in [2.24, 2.45) is 0 Å². The molecule has 0 bridgehead atoms. The van der Waals surface area contributed by atoms with E-state index in [-0.39, 0.29) is 0 Å². The van der Waals surface area contributed by atoms with Crippen LogP contribution in [0.25, 0.3) is 0 Å². The number of hydrogen-bond donors (Lipinski definition) is 0. The molecule has 0 spiro atoms. The van der Waals surface area contributed by atoms with Gasteiger partial charge >= 0.3 is 0 Å². The van der Waals surface area contributed by atoms with Crippen molar-refractivity contribution >= 4 is 5.82 Å². The van der Waals surface area contributed by atoms with Crippen LogP contribution in [0.4, 0.5) is 5.82 Å². The van der Waals surface area contributed by atoms with E-state index in [0.717, 1.165) is 49.9 Å². The molecule has 2 aromatic heterocycles. The van der Waals surface area contributed by atoms with Crippen molar-refractivity contribution in [1.82, 2.24) is 19.9 Å². The van der Waals surface area contributed by atoms with Crippen LogP contribution in [0, 0.1) is 6.92 Å². The number of nitrogens with zero attached hydrogens (tertiary/aromatic N) is 5. The summed E-state index contributed by atoms with van der Waals surface area (Å²) >= 11 is 0. The van der Waals surface area contributed by atoms with Crippen molar-refractivity contribution in [2.45, 2.75) is 33.2 Å². The highest BCUT2D eigenvalue weighted by molar-refractivity contribution is 5.40. The maximum absolute atomic E-state index is 4.62. The zero-order chi connectivity index (χ0) is 16.2. The Hall–Kier alpha value is -2.01. The molecule has 0 radical (unpaired) electrons. The van der Waals surface area contributed by atoms with Crippen LogP contribution in [0.1, 0.15) is 37.0 Å². The molecule has 0 N–H and O–H groups in total. The van der Waals surface area contributed by atoms with Crippen LogP contribution in [0.2, 0.25) is 0 Å². The maximum atomic E-state index is 4.62. The normalized spacial score (nSPS) is 17.3. The van der Waals surface area contributed by atoms with Gasteiger partial charge in [0.15, 0.2) is 0 Å². The van der Waals surface area contributed by atoms with Gasteiger partial charge in [-0.1, -0.05) is 13.0 Å². The van der Waals surface area contributed by atoms with Gasteiger partial charge in [-0.25, -0.2) is 9.97 Å². The molecule has 1 aliphatic heterocycles. The number of pyridine rings is 1. The van der Waals surface area contributed by atoms with Gasteiger partial charge in [-0.15, -0.1) is 0 Å². The van der Waals surface area contributed by atoms with Crippen molar-refractivity contribution in [3.63, 3.8) is 0 Å². The second-order valence-electron chi connectivity index (χ2n) is 6.10. The van der Waals surface area contributed by atoms with E-state index >= 15 is 0 Å². The number of piperazine rings is 1. The lowest BCUT2D eigenvalue weighted by Crippen LogP contribution is -2.47. The van der Waals surface area contributed by atoms with Gasteiger partial charge in [0, 0.05) is 56.4 Å². The van der Waals surface area contributed by atoms with Gasteiger partial charge in [0.25, 0.3) is 0 Å². The quantitative estimate of drug-likeness (QED) is 0.868. The zero-order valence-electron chi connectivity index (χ0n) is 14.2. The van der Waals surface area contributed by atoms with Gasteiger partial charge in [0.2, 0.25) is 0 Å². The van der Waals surface area contributed by atoms with Gasteiger partial charge in [-0.2, -0.15) is 0 Å². The number of aromatic nitrogens is 3. The highest BCUT2D eigenvalue weighted by Gasteiger charge is 2.23. The third-order valence-electron chi connectivity index (χ3n) is 4.59. The topological polar surface area (TPSA) is 45.2 Å². The smallest absolute Gasteiger partial charge is 0.132 e. The Morgan fingerprint density at radius 2 is 1.96 bits per heavy atom. The number of aryl methyl sites for hydroxylation is 2. The van der Waals surface area contributed by atoms with E-state index in [4.69, 9.17) is 0 Å². The average Bonchev–Trinajstić information content (AvgIpc) is 2.61. The standard InChI is InChI=1S/C18H25N5/c1-4-17-12-18(21-15(3)20-17)23-10-8-22(9-11-23)14(2)16-6-5-7-19-13-16/h5-7,12-14H,4,8-11H2,1-3H3. The fourth-order valence-corrected chi connectivity index (χ4v) is 3.13. The molecule has 5 nitrogen and oxygen atoms in total. The molecule has 0 aliphatic carbocycles. The van der Waals surface area contributed by atoms with Gasteiger partial charge in [-0.3, -0.25) is 9.88 Å². The van der Waals surface area contributed by atoms with Crippen LogP contribution >= 0.6 is 0 Å². The first-order valence-corrected chi connectivity index (χ1v) is 8.41. The van der Waals surface area contributed by atoms with Crippen LogP contribution in [0.5, 0.6) is 0 Å². The lowest BCUT2D eigenvalue weighted by Gasteiger charge is -2.38. The minimum absolute atomic E-state index is 0.407. The number of anilines is 1. The summed E-state index contributed by atoms with van der Waals surface area (Å²) in [4.78, 5) is 18.2. The van der Waals surface area contributed by atoms with Crippen LogP contribution in [-0.4, -0.2) is 46.0 Å². The third-order valence-corrected chi connectivity index (χ3v) is 4.59. The molecule has 1 fully saturated rings. The van der Waals surface area contributed by atoms with Gasteiger partial charge < -0.3 is 4.90 Å². The first kappa shape index (κ1) is 15.9. The van der Waals surface area contributed by atoms with E-state index in [1.807, 2.05) is 25.4 Å². The summed E-state index contributed by atoms with van der Waals surface area (Å²) in [5, 5.41) is 0. The van der Waals surface area contributed by atoms with E-state index < -0.39 is 0 Å². The Morgan fingerprint density at radius 3 is 2.61 bits per heavy atom. The molecule has 23 heavy (non-hydrogen) atoms. The molecular formula is C18H25N5. The predicted octanol–water partition coefficient (Wildman–Crippen LogP) is 2.63. The molecule has 1 saturated heterocycles. The Kier molecular flexibility index (Phi) is 4.86. The van der Waals surface area contributed by atoms with Crippen LogP contribution in [0.3, 0.4) is 0 Å². The van der Waals surface area contributed by atoms with Gasteiger partial charge in [0.1, 0.15) is 11.6 Å². The fraction of sp³-hybridized carbons (Fsp3) is 0.500. The number of hydrogen-bond acceptors (Lipinski definition) is 5. The van der Waals surface area contributed by atoms with Crippen molar-refractivity contribution in [2.75, 3.05) is 31.1 Å². The summed E-state index contributed by atoms with van der Waals surface area (Å²) in [6.45, 7) is 10.5. The molecule has 1 aliphatic rings. The molecule has 5 heteroatoms. The summed E-state index contributed by atoms with van der Waals surface area (Å²) in [5.74, 6) is 1.94. The third kappa shape index (κ3) is 3.67. The summed E-state index contributed by atoms with van der Waals surface area (Å²) in [6.07, 6.45) is 4.75. The highest BCUT2D eigenvalue weighted by atomic mass is 15.3. The van der Waals surface area contributed by atoms with Crippen molar-refractivity contribution < 1.29 is 0 Å². The van der Waals surface area contributed by atoms with E-state index in [1.54, 1.807) is 0 Å². The molecule has 0 saturated carbocycles. The average molecular weight is 311 g/mol. The van der Waals surface area contributed by atoms with Gasteiger partial charge in [0.05, 0.1) is 0 Å². The van der Waals surface area contributed by atoms with Crippen LogP contribution in [0.15, 0.2) is 30.6 Å². The van der Waals surface area contributed by atoms with Crippen LogP contribution in [-0.2, 0) is 6.42 Å². The van der Waals surface area contributed by atoms with Crippen molar-refractivity contribution in [3.8, 4) is 0 Å². The molecule has 2 aromatic rings. The van der Waals surface area contributed by atoms with E-state index in [1.165, 1.54) is 5.56 Å². The lowest BCUT2D eigenvalue weighted by molar-refractivity contribution is 0.198. The van der Waals surface area contributed by atoms with E-state index in [9.17, 15) is 0 Å². The summed E-state index contributed by atoms with van der Waals surface area (Å²) in [7, 11) is 0. The molecule has 3 heterocycles. The number of rotatable bonds is 4. The highest BCUT2D eigenvalue weighted by Crippen LogP contribution is 2.22. The summed E-state index contributed by atoms with van der Waals surface area (Å²) in [6, 6.07) is 6.71. The Morgan fingerprint density at radius 1 is 1.17 bits per heavy atom. The SMILES string of the molecule is CCc1cc(N2CCN(C(C)c3cccnc3)CC2)nc(C)n1. The fourth-order valence-electron chi connectivity index (χ4n) is 3.13. The molecule has 0 aromatic carbocycles. The van der Waals surface area contributed by atoms with Crippen LogP contribution < -0.4 is 4.90 Å². The maximum Gasteiger partial charge on any atom is 0.132 e. The van der Waals surface area contributed by atoms with E-state index in [0.29, 0.717) is 6.04 Å². The lowest BCUT2D eigenvalue weighted by atomic mass is 10.1. The van der Waals surface area contributed by atoms with Gasteiger partial charge in [-0.05, 0) is 31.9 Å². The van der Waals surface area contributed by atoms with E-state index in [2.05, 4.69) is 50.7 Å². The Bertz CT molecular complexity index is 635.